The summed E-state index contributed by atoms with van der Waals surface area (Å²) in [5, 5.41) is 5.11. The minimum atomic E-state index is -0.0410. The van der Waals surface area contributed by atoms with E-state index in [0.717, 1.165) is 56.0 Å². The number of thiazole rings is 1. The number of methoxy groups -OCH3 is 1. The third-order valence-electron chi connectivity index (χ3n) is 6.10. The maximum absolute atomic E-state index is 12.4. The van der Waals surface area contributed by atoms with Crippen molar-refractivity contribution < 1.29 is 14.3 Å². The molecule has 1 aromatic carbocycles. The normalized spacial score (nSPS) is 17.7. The van der Waals surface area contributed by atoms with Gasteiger partial charge in [0.25, 0.3) is 5.91 Å². The molecule has 0 spiro atoms. The molecule has 1 amide bonds. The van der Waals surface area contributed by atoms with Crippen molar-refractivity contribution in [1.29, 1.82) is 0 Å². The van der Waals surface area contributed by atoms with E-state index in [1.165, 1.54) is 5.69 Å². The Labute approximate surface area is 186 Å². The van der Waals surface area contributed by atoms with Crippen LogP contribution >= 0.6 is 11.3 Å². The Morgan fingerprint density at radius 3 is 2.77 bits per heavy atom. The summed E-state index contributed by atoms with van der Waals surface area (Å²) in [6.07, 6.45) is 6.23. The molecule has 3 aromatic rings. The smallest absolute Gasteiger partial charge is 0.251 e. The third-order valence-corrected chi connectivity index (χ3v) is 6.86. The number of carbonyl (C=O) groups excluding carboxylic acids is 1. The van der Waals surface area contributed by atoms with Gasteiger partial charge in [-0.2, -0.15) is 0 Å². The van der Waals surface area contributed by atoms with Crippen molar-refractivity contribution in [1.82, 2.24) is 19.6 Å². The van der Waals surface area contributed by atoms with Crippen LogP contribution in [0.4, 0.5) is 0 Å². The van der Waals surface area contributed by atoms with Crippen LogP contribution in [0.3, 0.4) is 0 Å². The number of piperidine rings is 1. The van der Waals surface area contributed by atoms with E-state index in [0.29, 0.717) is 23.1 Å². The molecule has 1 saturated heterocycles. The van der Waals surface area contributed by atoms with Crippen molar-refractivity contribution in [2.24, 2.45) is 0 Å². The van der Waals surface area contributed by atoms with Crippen LogP contribution < -0.4 is 14.8 Å². The van der Waals surface area contributed by atoms with Gasteiger partial charge in [0, 0.05) is 42.8 Å². The van der Waals surface area contributed by atoms with Crippen LogP contribution in [0.25, 0.3) is 4.96 Å². The van der Waals surface area contributed by atoms with Crippen molar-refractivity contribution in [2.75, 3.05) is 20.2 Å². The van der Waals surface area contributed by atoms with E-state index < -0.39 is 0 Å². The summed E-state index contributed by atoms with van der Waals surface area (Å²) in [6, 6.07) is 5.76. The first-order valence-electron chi connectivity index (χ1n) is 10.9. The molecule has 1 saturated carbocycles. The summed E-state index contributed by atoms with van der Waals surface area (Å²) in [5.74, 6) is 1.27. The number of nitrogens with zero attached hydrogens (tertiary/aromatic N) is 3. The molecule has 2 aromatic heterocycles. The Balaban J connectivity index is 1.21. The SMILES string of the molecule is COc1ccc(C(=O)NC2CC2)cc1OC1CCN(Cc2c(C)nc3sccn23)CC1. The van der Waals surface area contributed by atoms with Gasteiger partial charge in [-0.15, -0.1) is 11.3 Å². The van der Waals surface area contributed by atoms with Crippen LogP contribution in [0.2, 0.25) is 0 Å². The van der Waals surface area contributed by atoms with Crippen LogP contribution in [0.15, 0.2) is 29.8 Å². The van der Waals surface area contributed by atoms with Crippen molar-refractivity contribution in [2.45, 2.75) is 51.3 Å². The molecule has 164 valence electrons. The average Bonchev–Trinajstić information content (AvgIpc) is 3.39. The fourth-order valence-corrected chi connectivity index (χ4v) is 4.89. The van der Waals surface area contributed by atoms with E-state index in [2.05, 4.69) is 38.1 Å². The van der Waals surface area contributed by atoms with Crippen molar-refractivity contribution in [3.05, 3.63) is 46.7 Å². The Hall–Kier alpha value is -2.58. The molecule has 1 aliphatic heterocycles. The molecule has 1 N–H and O–H groups in total. The number of aromatic nitrogens is 2. The number of hydrogen-bond donors (Lipinski definition) is 1. The van der Waals surface area contributed by atoms with Gasteiger partial charge in [-0.05, 0) is 50.8 Å². The van der Waals surface area contributed by atoms with Gasteiger partial charge in [-0.25, -0.2) is 4.98 Å². The van der Waals surface area contributed by atoms with E-state index in [1.54, 1.807) is 24.5 Å². The average molecular weight is 441 g/mol. The van der Waals surface area contributed by atoms with E-state index >= 15 is 0 Å². The standard InChI is InChI=1S/C23H28N4O3S/c1-15-19(27-11-12-31-23(27)24-15)14-26-9-7-18(8-10-26)30-21-13-16(3-6-20(21)29-2)22(28)25-17-4-5-17/h3,6,11-13,17-18H,4-5,7-10,14H2,1-2H3,(H,25,28). The number of imidazole rings is 1. The summed E-state index contributed by atoms with van der Waals surface area (Å²) in [4.78, 5) is 20.6. The van der Waals surface area contributed by atoms with Gasteiger partial charge in [0.15, 0.2) is 16.5 Å². The van der Waals surface area contributed by atoms with Crippen molar-refractivity contribution >= 4 is 22.2 Å². The lowest BCUT2D eigenvalue weighted by Gasteiger charge is -2.32. The van der Waals surface area contributed by atoms with Crippen LogP contribution in [-0.4, -0.2) is 52.5 Å². The molecular formula is C23H28N4O3S. The van der Waals surface area contributed by atoms with Crippen LogP contribution in [0, 0.1) is 6.92 Å². The quantitative estimate of drug-likeness (QED) is 0.607. The van der Waals surface area contributed by atoms with Gasteiger partial charge in [-0.1, -0.05) is 0 Å². The highest BCUT2D eigenvalue weighted by atomic mass is 32.1. The zero-order chi connectivity index (χ0) is 21.4. The fraction of sp³-hybridized carbons (Fsp3) is 0.478. The molecule has 3 heterocycles. The number of ether oxygens (including phenoxy) is 2. The van der Waals surface area contributed by atoms with Gasteiger partial charge < -0.3 is 14.8 Å². The van der Waals surface area contributed by atoms with Crippen LogP contribution in [-0.2, 0) is 6.54 Å². The number of benzene rings is 1. The Kier molecular flexibility index (Phi) is 5.58. The molecule has 7 nitrogen and oxygen atoms in total. The highest BCUT2D eigenvalue weighted by Crippen LogP contribution is 2.31. The molecular weight excluding hydrogens is 412 g/mol. The zero-order valence-electron chi connectivity index (χ0n) is 18.0. The molecule has 2 fully saturated rings. The first kappa shape index (κ1) is 20.3. The number of amides is 1. The maximum Gasteiger partial charge on any atom is 0.251 e. The maximum atomic E-state index is 12.4. The molecule has 0 bridgehead atoms. The number of likely N-dealkylation sites (tertiary alicyclic amines) is 1. The first-order valence-corrected chi connectivity index (χ1v) is 11.8. The summed E-state index contributed by atoms with van der Waals surface area (Å²) in [7, 11) is 1.63. The van der Waals surface area contributed by atoms with Crippen molar-refractivity contribution in [3.63, 3.8) is 0 Å². The minimum Gasteiger partial charge on any atom is -0.493 e. The largest absolute Gasteiger partial charge is 0.493 e. The third kappa shape index (κ3) is 4.41. The number of fused-ring (bicyclic) bond motifs is 1. The first-order chi connectivity index (χ1) is 15.1. The fourth-order valence-electron chi connectivity index (χ4n) is 4.11. The molecule has 0 unspecified atom stereocenters. The van der Waals surface area contributed by atoms with E-state index in [1.807, 2.05) is 12.1 Å². The molecule has 31 heavy (non-hydrogen) atoms. The number of rotatable bonds is 7. The Morgan fingerprint density at radius 2 is 2.03 bits per heavy atom. The van der Waals surface area contributed by atoms with Crippen LogP contribution in [0.1, 0.15) is 47.4 Å². The van der Waals surface area contributed by atoms with Gasteiger partial charge >= 0.3 is 0 Å². The second kappa shape index (κ2) is 8.51. The summed E-state index contributed by atoms with van der Waals surface area (Å²) >= 11 is 1.67. The number of nitrogens with one attached hydrogen (secondary N) is 1. The molecule has 0 radical (unpaired) electrons. The molecule has 1 aliphatic carbocycles. The minimum absolute atomic E-state index is 0.0410. The number of aryl methyl sites for hydroxylation is 1. The lowest BCUT2D eigenvalue weighted by Crippen LogP contribution is -2.38. The van der Waals surface area contributed by atoms with Crippen LogP contribution in [0.5, 0.6) is 11.5 Å². The van der Waals surface area contributed by atoms with Gasteiger partial charge in [-0.3, -0.25) is 14.1 Å². The summed E-state index contributed by atoms with van der Waals surface area (Å²) < 4.78 is 14.0. The van der Waals surface area contributed by atoms with Gasteiger partial charge in [0.1, 0.15) is 6.10 Å². The monoisotopic (exact) mass is 440 g/mol. The molecule has 8 heteroatoms. The second-order valence-electron chi connectivity index (χ2n) is 8.41. The molecule has 0 atom stereocenters. The lowest BCUT2D eigenvalue weighted by molar-refractivity contribution is 0.0917. The second-order valence-corrected chi connectivity index (χ2v) is 9.28. The Bertz CT molecular complexity index is 1080. The summed E-state index contributed by atoms with van der Waals surface area (Å²) in [6.45, 7) is 4.91. The number of hydrogen-bond acceptors (Lipinski definition) is 6. The highest BCUT2D eigenvalue weighted by molar-refractivity contribution is 7.15. The van der Waals surface area contributed by atoms with E-state index in [-0.39, 0.29) is 12.0 Å². The predicted octanol–water partition coefficient (Wildman–Crippen LogP) is 3.65. The predicted molar refractivity (Wildman–Crippen MR) is 120 cm³/mol. The van der Waals surface area contributed by atoms with Gasteiger partial charge in [0.2, 0.25) is 0 Å². The molecule has 5 rings (SSSR count). The highest BCUT2D eigenvalue weighted by Gasteiger charge is 2.26. The lowest BCUT2D eigenvalue weighted by atomic mass is 10.1. The zero-order valence-corrected chi connectivity index (χ0v) is 18.8. The summed E-state index contributed by atoms with van der Waals surface area (Å²) in [5.41, 5.74) is 3.00. The van der Waals surface area contributed by atoms with E-state index in [4.69, 9.17) is 9.47 Å². The van der Waals surface area contributed by atoms with Crippen molar-refractivity contribution in [3.8, 4) is 11.5 Å². The topological polar surface area (TPSA) is 68.1 Å². The Morgan fingerprint density at radius 1 is 1.23 bits per heavy atom. The van der Waals surface area contributed by atoms with Gasteiger partial charge in [0.05, 0.1) is 18.5 Å². The van der Waals surface area contributed by atoms with E-state index in [9.17, 15) is 4.79 Å². The molecule has 2 aliphatic rings. The number of carbonyl (C=O) groups is 1.